The third kappa shape index (κ3) is 1.74. The predicted octanol–water partition coefficient (Wildman–Crippen LogP) is 3.20. The SMILES string of the molecule is CCn1cncc1C(O)c1cccc2ccsc12. The molecule has 0 amide bonds. The number of imidazole rings is 1. The molecule has 0 fully saturated rings. The van der Waals surface area contributed by atoms with Gasteiger partial charge in [0.15, 0.2) is 0 Å². The Bertz CT molecular complexity index is 671. The Morgan fingerprint density at radius 3 is 3.11 bits per heavy atom. The van der Waals surface area contributed by atoms with Gasteiger partial charge in [-0.15, -0.1) is 11.3 Å². The van der Waals surface area contributed by atoms with E-state index in [0.717, 1.165) is 22.5 Å². The molecule has 2 heterocycles. The number of thiophene rings is 1. The largest absolute Gasteiger partial charge is 0.382 e. The molecule has 0 saturated heterocycles. The first kappa shape index (κ1) is 11.4. The summed E-state index contributed by atoms with van der Waals surface area (Å²) in [5, 5.41) is 13.8. The van der Waals surface area contributed by atoms with Crippen LogP contribution in [-0.2, 0) is 6.54 Å². The second-order valence-corrected chi connectivity index (χ2v) is 5.11. The van der Waals surface area contributed by atoms with Crippen molar-refractivity contribution < 1.29 is 5.11 Å². The van der Waals surface area contributed by atoms with Gasteiger partial charge in [0, 0.05) is 16.8 Å². The summed E-state index contributed by atoms with van der Waals surface area (Å²) in [7, 11) is 0. The summed E-state index contributed by atoms with van der Waals surface area (Å²) in [4.78, 5) is 4.11. The zero-order valence-electron chi connectivity index (χ0n) is 10.1. The van der Waals surface area contributed by atoms with E-state index in [2.05, 4.69) is 22.5 Å². The van der Waals surface area contributed by atoms with Crippen molar-refractivity contribution in [3.8, 4) is 0 Å². The molecule has 0 aliphatic carbocycles. The zero-order chi connectivity index (χ0) is 12.5. The summed E-state index contributed by atoms with van der Waals surface area (Å²) in [5.74, 6) is 0. The summed E-state index contributed by atoms with van der Waals surface area (Å²) in [5.41, 5.74) is 1.80. The average Bonchev–Trinajstić information content (AvgIpc) is 3.05. The number of aromatic nitrogens is 2. The molecule has 3 nitrogen and oxygen atoms in total. The van der Waals surface area contributed by atoms with Gasteiger partial charge in [0.05, 0.1) is 18.2 Å². The van der Waals surface area contributed by atoms with Crippen molar-refractivity contribution in [3.63, 3.8) is 0 Å². The van der Waals surface area contributed by atoms with E-state index in [4.69, 9.17) is 0 Å². The number of aliphatic hydroxyl groups is 1. The lowest BCUT2D eigenvalue weighted by Crippen LogP contribution is -2.07. The average molecular weight is 258 g/mol. The number of aryl methyl sites for hydroxylation is 1. The van der Waals surface area contributed by atoms with Crippen molar-refractivity contribution in [1.29, 1.82) is 0 Å². The smallest absolute Gasteiger partial charge is 0.122 e. The Morgan fingerprint density at radius 1 is 1.39 bits per heavy atom. The van der Waals surface area contributed by atoms with Crippen molar-refractivity contribution in [2.45, 2.75) is 19.6 Å². The van der Waals surface area contributed by atoms with Crippen molar-refractivity contribution >= 4 is 21.4 Å². The third-order valence-corrected chi connectivity index (χ3v) is 4.15. The molecule has 1 atom stereocenters. The minimum absolute atomic E-state index is 0.616. The zero-order valence-corrected chi connectivity index (χ0v) is 10.9. The Balaban J connectivity index is 2.12. The summed E-state index contributed by atoms with van der Waals surface area (Å²) in [6, 6.07) is 8.11. The van der Waals surface area contributed by atoms with E-state index >= 15 is 0 Å². The molecule has 1 aromatic carbocycles. The highest BCUT2D eigenvalue weighted by atomic mass is 32.1. The van der Waals surface area contributed by atoms with E-state index in [0.29, 0.717) is 0 Å². The van der Waals surface area contributed by atoms with Crippen LogP contribution in [0.25, 0.3) is 10.1 Å². The molecule has 0 saturated carbocycles. The molecule has 92 valence electrons. The van der Waals surface area contributed by atoms with Crippen LogP contribution in [0, 0.1) is 0 Å². The molecule has 3 aromatic rings. The van der Waals surface area contributed by atoms with Gasteiger partial charge in [0.2, 0.25) is 0 Å². The van der Waals surface area contributed by atoms with Gasteiger partial charge in [-0.25, -0.2) is 4.98 Å². The van der Waals surface area contributed by atoms with Crippen molar-refractivity contribution in [2.24, 2.45) is 0 Å². The van der Waals surface area contributed by atoms with Gasteiger partial charge < -0.3 is 9.67 Å². The van der Waals surface area contributed by atoms with E-state index in [9.17, 15) is 5.11 Å². The number of benzene rings is 1. The minimum atomic E-state index is -0.616. The van der Waals surface area contributed by atoms with Crippen LogP contribution in [0.4, 0.5) is 0 Å². The second kappa shape index (κ2) is 4.55. The predicted molar refractivity (Wildman–Crippen MR) is 73.8 cm³/mol. The standard InChI is InChI=1S/C14H14N2OS/c1-2-16-9-15-8-12(16)13(17)11-5-3-4-10-6-7-18-14(10)11/h3-9,13,17H,2H2,1H3. The van der Waals surface area contributed by atoms with Crippen molar-refractivity contribution in [3.05, 3.63) is 53.4 Å². The first-order chi connectivity index (χ1) is 8.81. The highest BCUT2D eigenvalue weighted by Gasteiger charge is 2.17. The van der Waals surface area contributed by atoms with E-state index in [1.54, 1.807) is 23.9 Å². The van der Waals surface area contributed by atoms with Crippen LogP contribution in [-0.4, -0.2) is 14.7 Å². The molecule has 0 bridgehead atoms. The minimum Gasteiger partial charge on any atom is -0.382 e. The maximum atomic E-state index is 10.6. The fourth-order valence-electron chi connectivity index (χ4n) is 2.21. The van der Waals surface area contributed by atoms with Gasteiger partial charge in [0.25, 0.3) is 0 Å². The normalized spacial score (nSPS) is 13.0. The lowest BCUT2D eigenvalue weighted by Gasteiger charge is -2.13. The molecule has 2 aromatic heterocycles. The first-order valence-corrected chi connectivity index (χ1v) is 6.83. The van der Waals surface area contributed by atoms with Crippen molar-refractivity contribution in [1.82, 2.24) is 9.55 Å². The van der Waals surface area contributed by atoms with E-state index in [-0.39, 0.29) is 0 Å². The fraction of sp³-hybridized carbons (Fsp3) is 0.214. The van der Waals surface area contributed by atoms with Gasteiger partial charge >= 0.3 is 0 Å². The maximum Gasteiger partial charge on any atom is 0.122 e. The van der Waals surface area contributed by atoms with Crippen LogP contribution in [0.2, 0.25) is 0 Å². The summed E-state index contributed by atoms with van der Waals surface area (Å²) >= 11 is 1.66. The Morgan fingerprint density at radius 2 is 2.28 bits per heavy atom. The molecule has 0 spiro atoms. The molecule has 18 heavy (non-hydrogen) atoms. The number of hydrogen-bond donors (Lipinski definition) is 1. The van der Waals surface area contributed by atoms with Gasteiger partial charge in [-0.3, -0.25) is 0 Å². The van der Waals surface area contributed by atoms with Gasteiger partial charge in [-0.05, 0) is 23.8 Å². The second-order valence-electron chi connectivity index (χ2n) is 4.19. The van der Waals surface area contributed by atoms with E-state index < -0.39 is 6.10 Å². The lowest BCUT2D eigenvalue weighted by atomic mass is 10.1. The quantitative estimate of drug-likeness (QED) is 0.783. The molecule has 0 aliphatic rings. The fourth-order valence-corrected chi connectivity index (χ4v) is 3.15. The number of fused-ring (bicyclic) bond motifs is 1. The third-order valence-electron chi connectivity index (χ3n) is 3.17. The van der Waals surface area contributed by atoms with Gasteiger partial charge in [-0.2, -0.15) is 0 Å². The topological polar surface area (TPSA) is 38.0 Å². The Hall–Kier alpha value is -1.65. The van der Waals surface area contributed by atoms with Crippen LogP contribution >= 0.6 is 11.3 Å². The van der Waals surface area contributed by atoms with E-state index in [1.807, 2.05) is 23.6 Å². The highest BCUT2D eigenvalue weighted by molar-refractivity contribution is 7.17. The van der Waals surface area contributed by atoms with Crippen LogP contribution < -0.4 is 0 Å². The number of rotatable bonds is 3. The van der Waals surface area contributed by atoms with Crippen LogP contribution in [0.5, 0.6) is 0 Å². The number of nitrogens with zero attached hydrogens (tertiary/aromatic N) is 2. The Kier molecular flexibility index (Phi) is 2.89. The molecule has 0 radical (unpaired) electrons. The van der Waals surface area contributed by atoms with Gasteiger partial charge in [-0.1, -0.05) is 18.2 Å². The molecule has 0 aliphatic heterocycles. The monoisotopic (exact) mass is 258 g/mol. The number of hydrogen-bond acceptors (Lipinski definition) is 3. The molecule has 1 unspecified atom stereocenters. The summed E-state index contributed by atoms with van der Waals surface area (Å²) in [6.07, 6.45) is 2.88. The number of aliphatic hydroxyl groups excluding tert-OH is 1. The molecular formula is C14H14N2OS. The summed E-state index contributed by atoms with van der Waals surface area (Å²) < 4.78 is 3.12. The van der Waals surface area contributed by atoms with Crippen molar-refractivity contribution in [2.75, 3.05) is 0 Å². The Labute approximate surface area is 109 Å². The molecule has 1 N–H and O–H groups in total. The summed E-state index contributed by atoms with van der Waals surface area (Å²) in [6.45, 7) is 2.86. The van der Waals surface area contributed by atoms with Crippen LogP contribution in [0.15, 0.2) is 42.2 Å². The van der Waals surface area contributed by atoms with E-state index in [1.165, 1.54) is 5.39 Å². The van der Waals surface area contributed by atoms with Crippen LogP contribution in [0.3, 0.4) is 0 Å². The first-order valence-electron chi connectivity index (χ1n) is 5.95. The lowest BCUT2D eigenvalue weighted by molar-refractivity contribution is 0.212. The van der Waals surface area contributed by atoms with Gasteiger partial charge in [0.1, 0.15) is 6.10 Å². The maximum absolute atomic E-state index is 10.6. The molecule has 3 rings (SSSR count). The molecule has 4 heteroatoms. The molecular weight excluding hydrogens is 244 g/mol. The highest BCUT2D eigenvalue weighted by Crippen LogP contribution is 2.32. The van der Waals surface area contributed by atoms with Crippen LogP contribution in [0.1, 0.15) is 24.3 Å².